The van der Waals surface area contributed by atoms with Crippen molar-refractivity contribution < 1.29 is 0 Å². The summed E-state index contributed by atoms with van der Waals surface area (Å²) < 4.78 is 3.07. The highest BCUT2D eigenvalue weighted by Gasteiger charge is 2.22. The third-order valence-electron chi connectivity index (χ3n) is 3.27. The van der Waals surface area contributed by atoms with Gasteiger partial charge in [-0.2, -0.15) is 5.10 Å². The van der Waals surface area contributed by atoms with Gasteiger partial charge in [-0.15, -0.1) is 0 Å². The minimum Gasteiger partial charge on any atom is -0.304 e. The summed E-state index contributed by atoms with van der Waals surface area (Å²) in [6.45, 7) is 2.23. The second kappa shape index (κ2) is 4.49. The molecule has 1 unspecified atom stereocenters. The maximum atomic E-state index is 4.62. The zero-order valence-electron chi connectivity index (χ0n) is 9.67. The van der Waals surface area contributed by atoms with Crippen LogP contribution in [0.2, 0.25) is 0 Å². The summed E-state index contributed by atoms with van der Waals surface area (Å²) in [6.07, 6.45) is 5.86. The number of likely N-dealkylation sites (tertiary alicyclic amines) is 1. The number of rotatable bonds is 1. The van der Waals surface area contributed by atoms with E-state index in [9.17, 15) is 0 Å². The van der Waals surface area contributed by atoms with Crippen molar-refractivity contribution in [2.75, 3.05) is 20.1 Å². The van der Waals surface area contributed by atoms with Gasteiger partial charge in [-0.1, -0.05) is 0 Å². The zero-order valence-corrected chi connectivity index (χ0v) is 11.8. The molecule has 0 bridgehead atoms. The molecule has 1 fully saturated rings. The maximum absolute atomic E-state index is 4.62. The summed E-state index contributed by atoms with van der Waals surface area (Å²) in [7, 11) is 2.16. The lowest BCUT2D eigenvalue weighted by molar-refractivity contribution is 0.205. The van der Waals surface area contributed by atoms with E-state index in [1.165, 1.54) is 19.4 Å². The van der Waals surface area contributed by atoms with Crippen LogP contribution in [0.25, 0.3) is 11.0 Å². The van der Waals surface area contributed by atoms with Crippen LogP contribution in [0.1, 0.15) is 18.9 Å². The van der Waals surface area contributed by atoms with Gasteiger partial charge in [-0.25, -0.2) is 14.6 Å². The Balaban J connectivity index is 2.05. The van der Waals surface area contributed by atoms with E-state index in [2.05, 4.69) is 54.3 Å². The molecule has 0 amide bonds. The average Bonchev–Trinajstić information content (AvgIpc) is 2.68. The van der Waals surface area contributed by atoms with Crippen molar-refractivity contribution >= 4 is 33.6 Å². The molecule has 1 saturated heterocycles. The van der Waals surface area contributed by atoms with Crippen LogP contribution in [0, 0.1) is 3.70 Å². The van der Waals surface area contributed by atoms with Crippen LogP contribution in [0.4, 0.5) is 0 Å². The van der Waals surface area contributed by atoms with E-state index in [-0.39, 0.29) is 0 Å². The molecule has 5 nitrogen and oxygen atoms in total. The van der Waals surface area contributed by atoms with Crippen molar-refractivity contribution in [3.8, 4) is 0 Å². The Morgan fingerprint density at radius 2 is 2.35 bits per heavy atom. The van der Waals surface area contributed by atoms with Gasteiger partial charge in [0.2, 0.25) is 0 Å². The largest absolute Gasteiger partial charge is 0.304 e. The lowest BCUT2D eigenvalue weighted by Gasteiger charge is -2.29. The van der Waals surface area contributed by atoms with Gasteiger partial charge in [0.15, 0.2) is 5.65 Å². The van der Waals surface area contributed by atoms with Crippen molar-refractivity contribution in [1.82, 2.24) is 24.6 Å². The Bertz CT molecular complexity index is 538. The summed E-state index contributed by atoms with van der Waals surface area (Å²) in [6, 6.07) is 0.440. The molecule has 1 aliphatic heterocycles. The van der Waals surface area contributed by atoms with Gasteiger partial charge in [0.1, 0.15) is 10.0 Å². The van der Waals surface area contributed by atoms with Gasteiger partial charge in [-0.05, 0) is 49.0 Å². The smallest absolute Gasteiger partial charge is 0.162 e. The molecule has 0 saturated carbocycles. The zero-order chi connectivity index (χ0) is 11.8. The van der Waals surface area contributed by atoms with Crippen LogP contribution >= 0.6 is 22.6 Å². The summed E-state index contributed by atoms with van der Waals surface area (Å²) in [5, 5.41) is 5.68. The van der Waals surface area contributed by atoms with Crippen LogP contribution in [0.5, 0.6) is 0 Å². The van der Waals surface area contributed by atoms with E-state index in [0.29, 0.717) is 6.04 Å². The van der Waals surface area contributed by atoms with Crippen LogP contribution in [0.15, 0.2) is 12.5 Å². The fraction of sp³-hybridized carbons (Fsp3) is 0.545. The molecular formula is C11H14IN5. The molecule has 0 N–H and O–H groups in total. The normalized spacial score (nSPS) is 22.1. The second-order valence-electron chi connectivity index (χ2n) is 4.55. The first kappa shape index (κ1) is 11.3. The highest BCUT2D eigenvalue weighted by atomic mass is 127. The number of hydrogen-bond acceptors (Lipinski definition) is 4. The van der Waals surface area contributed by atoms with Crippen molar-refractivity contribution in [1.29, 1.82) is 0 Å². The standard InChI is InChI=1S/C11H14IN5/c1-16-4-2-3-8(6-16)17-11-9(10(12)15-17)5-13-7-14-11/h5,7-8H,2-4,6H2,1H3. The van der Waals surface area contributed by atoms with Gasteiger partial charge < -0.3 is 4.90 Å². The van der Waals surface area contributed by atoms with E-state index in [1.54, 1.807) is 6.33 Å². The van der Waals surface area contributed by atoms with Crippen LogP contribution in [-0.4, -0.2) is 44.8 Å². The number of fused-ring (bicyclic) bond motifs is 1. The van der Waals surface area contributed by atoms with E-state index < -0.39 is 0 Å². The fourth-order valence-electron chi connectivity index (χ4n) is 2.44. The molecular weight excluding hydrogens is 329 g/mol. The molecule has 3 heterocycles. The topological polar surface area (TPSA) is 46.8 Å². The summed E-state index contributed by atoms with van der Waals surface area (Å²) in [5.74, 6) is 0. The lowest BCUT2D eigenvalue weighted by atomic mass is 10.1. The summed E-state index contributed by atoms with van der Waals surface area (Å²) >= 11 is 2.25. The number of likely N-dealkylation sites (N-methyl/N-ethyl adjacent to an activating group) is 1. The minimum atomic E-state index is 0.440. The van der Waals surface area contributed by atoms with Crippen LogP contribution < -0.4 is 0 Å². The lowest BCUT2D eigenvalue weighted by Crippen LogP contribution is -2.34. The quantitative estimate of drug-likeness (QED) is 0.740. The third-order valence-corrected chi connectivity index (χ3v) is 4.07. The molecule has 0 aromatic carbocycles. The fourth-order valence-corrected chi connectivity index (χ4v) is 3.05. The van der Waals surface area contributed by atoms with Crippen molar-refractivity contribution in [2.45, 2.75) is 18.9 Å². The van der Waals surface area contributed by atoms with Crippen molar-refractivity contribution in [3.05, 3.63) is 16.2 Å². The van der Waals surface area contributed by atoms with Crippen LogP contribution in [0.3, 0.4) is 0 Å². The van der Waals surface area contributed by atoms with Crippen LogP contribution in [-0.2, 0) is 0 Å². The van der Waals surface area contributed by atoms with Gasteiger partial charge in [0.05, 0.1) is 11.4 Å². The first-order valence-electron chi connectivity index (χ1n) is 5.78. The molecule has 1 aliphatic rings. The predicted octanol–water partition coefficient (Wildman–Crippen LogP) is 1.70. The molecule has 2 aromatic heterocycles. The molecule has 0 spiro atoms. The van der Waals surface area contributed by atoms with E-state index in [1.807, 2.05) is 6.20 Å². The molecule has 1 atom stereocenters. The highest BCUT2D eigenvalue weighted by molar-refractivity contribution is 14.1. The number of nitrogens with zero attached hydrogens (tertiary/aromatic N) is 5. The van der Waals surface area contributed by atoms with Gasteiger partial charge >= 0.3 is 0 Å². The molecule has 0 aliphatic carbocycles. The van der Waals surface area contributed by atoms with Gasteiger partial charge in [-0.3, -0.25) is 0 Å². The molecule has 90 valence electrons. The first-order valence-corrected chi connectivity index (χ1v) is 6.86. The first-order chi connectivity index (χ1) is 8.25. The maximum Gasteiger partial charge on any atom is 0.162 e. The number of aromatic nitrogens is 4. The molecule has 0 radical (unpaired) electrons. The van der Waals surface area contributed by atoms with E-state index >= 15 is 0 Å². The Morgan fingerprint density at radius 1 is 1.47 bits per heavy atom. The summed E-state index contributed by atoms with van der Waals surface area (Å²) in [4.78, 5) is 10.8. The van der Waals surface area contributed by atoms with E-state index in [4.69, 9.17) is 0 Å². The van der Waals surface area contributed by atoms with Crippen molar-refractivity contribution in [2.24, 2.45) is 0 Å². The number of hydrogen-bond donors (Lipinski definition) is 0. The molecule has 6 heteroatoms. The predicted molar refractivity (Wildman–Crippen MR) is 73.8 cm³/mol. The molecule has 2 aromatic rings. The van der Waals surface area contributed by atoms with Crippen molar-refractivity contribution in [3.63, 3.8) is 0 Å². The summed E-state index contributed by atoms with van der Waals surface area (Å²) in [5.41, 5.74) is 0.963. The number of halogens is 1. The third kappa shape index (κ3) is 2.03. The molecule has 17 heavy (non-hydrogen) atoms. The number of piperidine rings is 1. The Morgan fingerprint density at radius 3 is 3.18 bits per heavy atom. The molecule has 3 rings (SSSR count). The SMILES string of the molecule is CN1CCCC(n2nc(I)c3cncnc32)C1. The Labute approximate surface area is 113 Å². The Kier molecular flexibility index (Phi) is 2.99. The highest BCUT2D eigenvalue weighted by Crippen LogP contribution is 2.25. The average molecular weight is 343 g/mol. The van der Waals surface area contributed by atoms with Gasteiger partial charge in [0.25, 0.3) is 0 Å². The monoisotopic (exact) mass is 343 g/mol. The second-order valence-corrected chi connectivity index (χ2v) is 5.58. The van der Waals surface area contributed by atoms with Gasteiger partial charge in [0, 0.05) is 12.7 Å². The van der Waals surface area contributed by atoms with E-state index in [0.717, 1.165) is 21.3 Å². The Hall–Kier alpha value is -0.760. The minimum absolute atomic E-state index is 0.440.